The maximum Gasteiger partial charge on any atom is 0.329 e. The first-order valence-corrected chi connectivity index (χ1v) is 7.00. The molecule has 1 saturated carbocycles. The molecule has 0 bridgehead atoms. The number of halogens is 1. The van der Waals surface area contributed by atoms with Gasteiger partial charge in [-0.3, -0.25) is 4.79 Å². The van der Waals surface area contributed by atoms with E-state index in [-0.39, 0.29) is 5.91 Å². The van der Waals surface area contributed by atoms with Gasteiger partial charge in [-0.1, -0.05) is 19.3 Å². The van der Waals surface area contributed by atoms with Gasteiger partial charge in [-0.05, 0) is 40.9 Å². The van der Waals surface area contributed by atoms with Gasteiger partial charge in [-0.15, -0.1) is 0 Å². The molecule has 1 amide bonds. The van der Waals surface area contributed by atoms with Crippen molar-refractivity contribution in [2.45, 2.75) is 37.6 Å². The lowest BCUT2D eigenvalue weighted by Gasteiger charge is -2.33. The Kier molecular flexibility index (Phi) is 4.19. The van der Waals surface area contributed by atoms with Crippen LogP contribution in [-0.4, -0.2) is 27.5 Å². The van der Waals surface area contributed by atoms with Crippen molar-refractivity contribution in [3.63, 3.8) is 0 Å². The maximum absolute atomic E-state index is 12.1. The number of nitrogens with zero attached hydrogens (tertiary/aromatic N) is 1. The van der Waals surface area contributed by atoms with Crippen LogP contribution < -0.4 is 5.32 Å². The molecule has 19 heavy (non-hydrogen) atoms. The fourth-order valence-electron chi connectivity index (χ4n) is 2.35. The second kappa shape index (κ2) is 5.69. The van der Waals surface area contributed by atoms with Gasteiger partial charge in [0.15, 0.2) is 0 Å². The molecule has 1 aromatic rings. The predicted octanol–water partition coefficient (Wildman–Crippen LogP) is 2.36. The van der Waals surface area contributed by atoms with Crippen LogP contribution in [-0.2, 0) is 4.79 Å². The van der Waals surface area contributed by atoms with Crippen LogP contribution in [0.3, 0.4) is 0 Å². The Morgan fingerprint density at radius 1 is 1.26 bits per heavy atom. The number of hydrogen-bond donors (Lipinski definition) is 2. The average molecular weight is 327 g/mol. The van der Waals surface area contributed by atoms with Gasteiger partial charge in [0, 0.05) is 6.20 Å². The molecular formula is C13H15BrN2O3. The van der Waals surface area contributed by atoms with E-state index in [0.717, 1.165) is 19.3 Å². The van der Waals surface area contributed by atoms with Crippen LogP contribution in [0.25, 0.3) is 0 Å². The Morgan fingerprint density at radius 2 is 1.95 bits per heavy atom. The first-order chi connectivity index (χ1) is 9.03. The zero-order valence-corrected chi connectivity index (χ0v) is 11.9. The van der Waals surface area contributed by atoms with Crippen LogP contribution in [0.2, 0.25) is 0 Å². The summed E-state index contributed by atoms with van der Waals surface area (Å²) in [6.45, 7) is 0. The zero-order chi connectivity index (χ0) is 13.9. The van der Waals surface area contributed by atoms with Crippen molar-refractivity contribution in [3.8, 4) is 0 Å². The third-order valence-electron chi connectivity index (χ3n) is 3.46. The van der Waals surface area contributed by atoms with Crippen LogP contribution in [0.1, 0.15) is 42.5 Å². The molecule has 5 nitrogen and oxygen atoms in total. The van der Waals surface area contributed by atoms with E-state index in [4.69, 9.17) is 0 Å². The number of hydrogen-bond acceptors (Lipinski definition) is 3. The number of amides is 1. The molecule has 0 radical (unpaired) electrons. The van der Waals surface area contributed by atoms with Crippen molar-refractivity contribution in [3.05, 3.63) is 28.5 Å². The predicted molar refractivity (Wildman–Crippen MR) is 72.9 cm³/mol. The van der Waals surface area contributed by atoms with Crippen molar-refractivity contribution in [2.75, 3.05) is 0 Å². The van der Waals surface area contributed by atoms with Gasteiger partial charge in [0.1, 0.15) is 10.1 Å². The lowest BCUT2D eigenvalue weighted by molar-refractivity contribution is -0.145. The first kappa shape index (κ1) is 14.0. The van der Waals surface area contributed by atoms with Gasteiger partial charge in [-0.2, -0.15) is 0 Å². The normalized spacial score (nSPS) is 17.7. The van der Waals surface area contributed by atoms with E-state index >= 15 is 0 Å². The zero-order valence-electron chi connectivity index (χ0n) is 10.4. The van der Waals surface area contributed by atoms with Gasteiger partial charge in [0.05, 0.1) is 5.56 Å². The summed E-state index contributed by atoms with van der Waals surface area (Å²) in [5.41, 5.74) is -0.753. The highest BCUT2D eigenvalue weighted by atomic mass is 79.9. The van der Waals surface area contributed by atoms with Crippen molar-refractivity contribution >= 4 is 27.8 Å². The van der Waals surface area contributed by atoms with E-state index in [2.05, 4.69) is 26.2 Å². The molecule has 0 atom stereocenters. The number of aromatic nitrogens is 1. The minimum absolute atomic E-state index is 0.370. The molecule has 1 fully saturated rings. The van der Waals surface area contributed by atoms with E-state index in [1.807, 2.05) is 0 Å². The molecule has 0 saturated heterocycles. The van der Waals surface area contributed by atoms with Crippen molar-refractivity contribution in [1.29, 1.82) is 0 Å². The highest BCUT2D eigenvalue weighted by Crippen LogP contribution is 2.28. The summed E-state index contributed by atoms with van der Waals surface area (Å²) in [7, 11) is 0. The smallest absolute Gasteiger partial charge is 0.329 e. The lowest BCUT2D eigenvalue weighted by atomic mass is 9.81. The Labute approximate surface area is 119 Å². The molecule has 6 heteroatoms. The third kappa shape index (κ3) is 3.12. The number of aliphatic carboxylic acids is 1. The summed E-state index contributed by atoms with van der Waals surface area (Å²) < 4.78 is 0.634. The van der Waals surface area contributed by atoms with E-state index < -0.39 is 11.5 Å². The van der Waals surface area contributed by atoms with E-state index in [0.29, 0.717) is 23.0 Å². The third-order valence-corrected chi connectivity index (χ3v) is 3.93. The molecular weight excluding hydrogens is 312 g/mol. The number of carboxylic acid groups (broad SMARTS) is 1. The number of carbonyl (C=O) groups excluding carboxylic acids is 1. The van der Waals surface area contributed by atoms with Gasteiger partial charge < -0.3 is 10.4 Å². The van der Waals surface area contributed by atoms with Crippen LogP contribution in [0.4, 0.5) is 0 Å². The van der Waals surface area contributed by atoms with Crippen molar-refractivity contribution < 1.29 is 14.7 Å². The highest BCUT2D eigenvalue weighted by Gasteiger charge is 2.41. The molecule has 0 unspecified atom stereocenters. The second-order valence-corrected chi connectivity index (χ2v) is 5.58. The molecule has 2 rings (SSSR count). The largest absolute Gasteiger partial charge is 0.480 e. The van der Waals surface area contributed by atoms with Gasteiger partial charge in [0.25, 0.3) is 5.91 Å². The van der Waals surface area contributed by atoms with Crippen molar-refractivity contribution in [1.82, 2.24) is 10.3 Å². The summed E-state index contributed by atoms with van der Waals surface area (Å²) in [4.78, 5) is 27.5. The Balaban J connectivity index is 2.15. The first-order valence-electron chi connectivity index (χ1n) is 6.21. The Morgan fingerprint density at radius 3 is 2.47 bits per heavy atom. The molecule has 0 spiro atoms. The fourth-order valence-corrected chi connectivity index (χ4v) is 2.58. The van der Waals surface area contributed by atoms with Crippen molar-refractivity contribution in [2.24, 2.45) is 0 Å². The summed E-state index contributed by atoms with van der Waals surface area (Å²) in [5, 5.41) is 12.1. The molecule has 1 aromatic heterocycles. The standard InChI is InChI=1S/C13H15BrN2O3/c14-10-5-4-9(8-15-10)11(17)16-13(12(18)19)6-2-1-3-7-13/h4-5,8H,1-3,6-7H2,(H,16,17)(H,18,19). The summed E-state index contributed by atoms with van der Waals surface area (Å²) in [5.74, 6) is -1.34. The minimum Gasteiger partial charge on any atom is -0.480 e. The van der Waals surface area contributed by atoms with Crippen LogP contribution in [0, 0.1) is 0 Å². The molecule has 0 aliphatic heterocycles. The van der Waals surface area contributed by atoms with Crippen LogP contribution >= 0.6 is 15.9 Å². The molecule has 1 heterocycles. The Bertz CT molecular complexity index is 481. The van der Waals surface area contributed by atoms with E-state index in [1.165, 1.54) is 6.20 Å². The maximum atomic E-state index is 12.1. The van der Waals surface area contributed by atoms with Gasteiger partial charge >= 0.3 is 5.97 Å². The summed E-state index contributed by atoms with van der Waals surface area (Å²) in [6, 6.07) is 3.27. The lowest BCUT2D eigenvalue weighted by Crippen LogP contribution is -2.55. The van der Waals surface area contributed by atoms with Crippen LogP contribution in [0.5, 0.6) is 0 Å². The second-order valence-electron chi connectivity index (χ2n) is 4.77. The number of pyridine rings is 1. The van der Waals surface area contributed by atoms with E-state index in [9.17, 15) is 14.7 Å². The highest BCUT2D eigenvalue weighted by molar-refractivity contribution is 9.10. The van der Waals surface area contributed by atoms with Gasteiger partial charge in [-0.25, -0.2) is 9.78 Å². The molecule has 1 aliphatic carbocycles. The van der Waals surface area contributed by atoms with E-state index in [1.54, 1.807) is 12.1 Å². The molecule has 2 N–H and O–H groups in total. The quantitative estimate of drug-likeness (QED) is 0.836. The number of nitrogens with one attached hydrogen (secondary N) is 1. The number of rotatable bonds is 3. The number of carbonyl (C=O) groups is 2. The summed E-state index contributed by atoms with van der Waals surface area (Å²) >= 11 is 3.19. The topological polar surface area (TPSA) is 79.3 Å². The summed E-state index contributed by atoms with van der Waals surface area (Å²) in [6.07, 6.45) is 5.06. The fraction of sp³-hybridized carbons (Fsp3) is 0.462. The minimum atomic E-state index is -1.12. The SMILES string of the molecule is O=C(NC1(C(=O)O)CCCCC1)c1ccc(Br)nc1. The average Bonchev–Trinajstić information content (AvgIpc) is 2.40. The molecule has 0 aromatic carbocycles. The van der Waals surface area contributed by atoms with Gasteiger partial charge in [0.2, 0.25) is 0 Å². The monoisotopic (exact) mass is 326 g/mol. The Hall–Kier alpha value is -1.43. The molecule has 102 valence electrons. The molecule has 1 aliphatic rings. The van der Waals surface area contributed by atoms with Crippen LogP contribution in [0.15, 0.2) is 22.9 Å². The number of carboxylic acids is 1.